The number of nitrogens with zero attached hydrogens (tertiary/aromatic N) is 2. The highest BCUT2D eigenvalue weighted by atomic mass is 35.5. The predicted octanol–water partition coefficient (Wildman–Crippen LogP) is 6.00. The molecule has 25 heavy (non-hydrogen) atoms. The number of aryl methyl sites for hydroxylation is 2. The fraction of sp³-hybridized carbons (Fsp3) is 0.182. The molecule has 124 valence electrons. The van der Waals surface area contributed by atoms with Crippen molar-refractivity contribution in [1.29, 1.82) is 0 Å². The van der Waals surface area contributed by atoms with Crippen molar-refractivity contribution in [3.8, 4) is 0 Å². The fourth-order valence-electron chi connectivity index (χ4n) is 3.62. The Balaban J connectivity index is 0.000000223. The molecule has 0 saturated carbocycles. The van der Waals surface area contributed by atoms with Crippen LogP contribution in [0.4, 0.5) is 0 Å². The van der Waals surface area contributed by atoms with Crippen molar-refractivity contribution in [3.05, 3.63) is 83.4 Å². The summed E-state index contributed by atoms with van der Waals surface area (Å²) >= 11 is 6.16. The minimum atomic E-state index is 0.817. The Hall–Kier alpha value is -2.45. The zero-order chi connectivity index (χ0) is 17.1. The first kappa shape index (κ1) is 16.0. The lowest BCUT2D eigenvalue weighted by atomic mass is 9.86. The van der Waals surface area contributed by atoms with Crippen molar-refractivity contribution in [1.82, 2.24) is 9.97 Å². The standard InChI is InChI=1S/C18H15Cl.C4H4N2/c19-14-8-5-13-7-9-16-15-4-2-1-3-12(15)6-10-17(16)18(13)11-14;1-2-6-4-3-5-1/h5-11H,1-4H2;1-4H. The third kappa shape index (κ3) is 3.35. The maximum atomic E-state index is 6.16. The Morgan fingerprint density at radius 2 is 1.36 bits per heavy atom. The van der Waals surface area contributed by atoms with Gasteiger partial charge < -0.3 is 0 Å². The lowest BCUT2D eigenvalue weighted by molar-refractivity contribution is 0.690. The third-order valence-electron chi connectivity index (χ3n) is 4.79. The van der Waals surface area contributed by atoms with Gasteiger partial charge in [-0.15, -0.1) is 0 Å². The summed E-state index contributed by atoms with van der Waals surface area (Å²) in [5.74, 6) is 0. The monoisotopic (exact) mass is 346 g/mol. The second-order valence-electron chi connectivity index (χ2n) is 6.33. The van der Waals surface area contributed by atoms with Gasteiger partial charge in [-0.05, 0) is 70.5 Å². The number of hydrogen-bond donors (Lipinski definition) is 0. The molecule has 0 amide bonds. The second-order valence-corrected chi connectivity index (χ2v) is 6.77. The van der Waals surface area contributed by atoms with Crippen LogP contribution in [0.25, 0.3) is 21.5 Å². The molecule has 1 aromatic heterocycles. The van der Waals surface area contributed by atoms with Crippen LogP contribution in [0, 0.1) is 0 Å². The van der Waals surface area contributed by atoms with E-state index in [1.165, 1.54) is 47.2 Å². The van der Waals surface area contributed by atoms with Crippen molar-refractivity contribution in [2.45, 2.75) is 25.7 Å². The summed E-state index contributed by atoms with van der Waals surface area (Å²) in [7, 11) is 0. The summed E-state index contributed by atoms with van der Waals surface area (Å²) in [6.07, 6.45) is 11.7. The highest BCUT2D eigenvalue weighted by Crippen LogP contribution is 2.34. The minimum Gasteiger partial charge on any atom is -0.262 e. The van der Waals surface area contributed by atoms with Crippen molar-refractivity contribution in [3.63, 3.8) is 0 Å². The number of aromatic nitrogens is 2. The molecule has 0 atom stereocenters. The molecule has 1 heterocycles. The van der Waals surface area contributed by atoms with Crippen LogP contribution in [0.15, 0.2) is 67.3 Å². The van der Waals surface area contributed by atoms with Gasteiger partial charge in [0.1, 0.15) is 0 Å². The molecule has 0 spiro atoms. The molecule has 0 unspecified atom stereocenters. The van der Waals surface area contributed by atoms with Crippen LogP contribution < -0.4 is 0 Å². The Labute approximate surface area is 152 Å². The topological polar surface area (TPSA) is 25.8 Å². The molecule has 1 aliphatic carbocycles. The Bertz CT molecular complexity index is 986. The normalized spacial score (nSPS) is 13.2. The number of rotatable bonds is 0. The molecule has 0 saturated heterocycles. The van der Waals surface area contributed by atoms with Gasteiger partial charge in [-0.3, -0.25) is 9.97 Å². The van der Waals surface area contributed by atoms with Gasteiger partial charge >= 0.3 is 0 Å². The van der Waals surface area contributed by atoms with E-state index in [-0.39, 0.29) is 0 Å². The Morgan fingerprint density at radius 1 is 0.680 bits per heavy atom. The fourth-order valence-corrected chi connectivity index (χ4v) is 3.79. The quantitative estimate of drug-likeness (QED) is 0.365. The molecule has 2 nitrogen and oxygen atoms in total. The zero-order valence-corrected chi connectivity index (χ0v) is 14.7. The first-order valence-electron chi connectivity index (χ1n) is 8.65. The molecular formula is C22H19ClN2. The van der Waals surface area contributed by atoms with Crippen LogP contribution in [-0.4, -0.2) is 9.97 Å². The molecule has 0 fully saturated rings. The van der Waals surface area contributed by atoms with E-state index in [1.54, 1.807) is 35.9 Å². The van der Waals surface area contributed by atoms with Crippen molar-refractivity contribution in [2.75, 3.05) is 0 Å². The second kappa shape index (κ2) is 7.20. The maximum Gasteiger partial charge on any atom is 0.0451 e. The zero-order valence-electron chi connectivity index (χ0n) is 14.0. The van der Waals surface area contributed by atoms with E-state index in [2.05, 4.69) is 46.4 Å². The van der Waals surface area contributed by atoms with E-state index < -0.39 is 0 Å². The van der Waals surface area contributed by atoms with Gasteiger partial charge in [-0.1, -0.05) is 41.9 Å². The average Bonchev–Trinajstić information content (AvgIpc) is 2.69. The molecule has 3 heteroatoms. The highest BCUT2D eigenvalue weighted by molar-refractivity contribution is 6.31. The van der Waals surface area contributed by atoms with Crippen molar-refractivity contribution >= 4 is 33.1 Å². The molecule has 5 rings (SSSR count). The Morgan fingerprint density at radius 3 is 2.12 bits per heavy atom. The number of halogens is 1. The van der Waals surface area contributed by atoms with Crippen molar-refractivity contribution < 1.29 is 0 Å². The van der Waals surface area contributed by atoms with Gasteiger partial charge in [-0.25, -0.2) is 0 Å². The lowest BCUT2D eigenvalue weighted by Gasteiger charge is -2.18. The summed E-state index contributed by atoms with van der Waals surface area (Å²) in [5.41, 5.74) is 3.10. The third-order valence-corrected chi connectivity index (χ3v) is 5.02. The average molecular weight is 347 g/mol. The summed E-state index contributed by atoms with van der Waals surface area (Å²) in [4.78, 5) is 7.44. The van der Waals surface area contributed by atoms with Crippen molar-refractivity contribution in [2.24, 2.45) is 0 Å². The summed E-state index contributed by atoms with van der Waals surface area (Å²) in [6, 6.07) is 15.3. The molecule has 0 N–H and O–H groups in total. The first-order chi connectivity index (χ1) is 12.3. The van der Waals surface area contributed by atoms with Crippen LogP contribution in [0.2, 0.25) is 5.02 Å². The van der Waals surface area contributed by atoms with Gasteiger partial charge in [0.15, 0.2) is 0 Å². The largest absolute Gasteiger partial charge is 0.262 e. The predicted molar refractivity (Wildman–Crippen MR) is 105 cm³/mol. The number of fused-ring (bicyclic) bond motifs is 5. The number of benzene rings is 3. The van der Waals surface area contributed by atoms with Gasteiger partial charge in [0.2, 0.25) is 0 Å². The van der Waals surface area contributed by atoms with Crippen LogP contribution >= 0.6 is 11.6 Å². The van der Waals surface area contributed by atoms with Crippen LogP contribution in [0.3, 0.4) is 0 Å². The molecule has 1 aliphatic rings. The van der Waals surface area contributed by atoms with Gasteiger partial charge in [0, 0.05) is 29.8 Å². The molecule has 0 aliphatic heterocycles. The summed E-state index contributed by atoms with van der Waals surface area (Å²) in [5, 5.41) is 6.14. The maximum absolute atomic E-state index is 6.16. The van der Waals surface area contributed by atoms with Gasteiger partial charge in [0.25, 0.3) is 0 Å². The van der Waals surface area contributed by atoms with Gasteiger partial charge in [-0.2, -0.15) is 0 Å². The minimum absolute atomic E-state index is 0.817. The SMILES string of the molecule is Clc1ccc2ccc3c4c(ccc3c2c1)CCCC4.c1cnccn1. The van der Waals surface area contributed by atoms with Crippen LogP contribution in [0.5, 0.6) is 0 Å². The molecule has 0 bridgehead atoms. The molecular weight excluding hydrogens is 328 g/mol. The van der Waals surface area contributed by atoms with E-state index in [0.717, 1.165) is 5.02 Å². The molecule has 4 aromatic rings. The molecule has 3 aromatic carbocycles. The Kier molecular flexibility index (Phi) is 4.62. The lowest BCUT2D eigenvalue weighted by Crippen LogP contribution is -2.03. The van der Waals surface area contributed by atoms with E-state index in [0.29, 0.717) is 0 Å². The van der Waals surface area contributed by atoms with Crippen LogP contribution in [0.1, 0.15) is 24.0 Å². The smallest absolute Gasteiger partial charge is 0.0451 e. The van der Waals surface area contributed by atoms with E-state index in [1.807, 2.05) is 6.07 Å². The van der Waals surface area contributed by atoms with E-state index >= 15 is 0 Å². The summed E-state index contributed by atoms with van der Waals surface area (Å²) < 4.78 is 0. The van der Waals surface area contributed by atoms with Crippen LogP contribution in [-0.2, 0) is 12.8 Å². The molecule has 0 radical (unpaired) electrons. The first-order valence-corrected chi connectivity index (χ1v) is 9.03. The number of hydrogen-bond acceptors (Lipinski definition) is 2. The highest BCUT2D eigenvalue weighted by Gasteiger charge is 2.13. The van der Waals surface area contributed by atoms with E-state index in [9.17, 15) is 0 Å². The summed E-state index contributed by atoms with van der Waals surface area (Å²) in [6.45, 7) is 0. The van der Waals surface area contributed by atoms with Gasteiger partial charge in [0.05, 0.1) is 0 Å². The van der Waals surface area contributed by atoms with E-state index in [4.69, 9.17) is 11.6 Å².